The maximum Gasteiger partial charge on any atom is 0.0691 e. The molecule has 0 spiro atoms. The van der Waals surface area contributed by atoms with Crippen molar-refractivity contribution in [1.82, 2.24) is 5.32 Å². The second kappa shape index (κ2) is 5.28. The standard InChI is InChI=1S/C12H25NO2/c1-9(2)13-8-11(14)7-12(3,15)6-10-4-5-10/h9-11,13-15H,4-8H2,1-3H3/t11-,12+/m0/s1. The predicted molar refractivity (Wildman–Crippen MR) is 61.7 cm³/mol. The fourth-order valence-electron chi connectivity index (χ4n) is 1.98. The molecule has 3 heteroatoms. The Kier molecular flexibility index (Phi) is 4.56. The van der Waals surface area contributed by atoms with E-state index >= 15 is 0 Å². The number of nitrogens with one attached hydrogen (secondary N) is 1. The second-order valence-electron chi connectivity index (χ2n) is 5.57. The molecule has 0 aromatic carbocycles. The lowest BCUT2D eigenvalue weighted by Gasteiger charge is -2.26. The van der Waals surface area contributed by atoms with Gasteiger partial charge in [-0.2, -0.15) is 0 Å². The molecule has 1 aliphatic carbocycles. The largest absolute Gasteiger partial charge is 0.392 e. The SMILES string of the molecule is CC(C)NC[C@@H](O)C[C@](C)(O)CC1CC1. The van der Waals surface area contributed by atoms with E-state index in [-0.39, 0.29) is 0 Å². The number of rotatable bonds is 7. The quantitative estimate of drug-likeness (QED) is 0.600. The summed E-state index contributed by atoms with van der Waals surface area (Å²) in [6, 6.07) is 0.382. The fourth-order valence-corrected chi connectivity index (χ4v) is 1.98. The van der Waals surface area contributed by atoms with Crippen molar-refractivity contribution in [3.8, 4) is 0 Å². The summed E-state index contributed by atoms with van der Waals surface area (Å²) in [6.45, 7) is 6.51. The van der Waals surface area contributed by atoms with Crippen LogP contribution in [0.15, 0.2) is 0 Å². The third kappa shape index (κ3) is 6.13. The summed E-state index contributed by atoms with van der Waals surface area (Å²) >= 11 is 0. The molecule has 0 aliphatic heterocycles. The molecule has 0 aromatic rings. The van der Waals surface area contributed by atoms with Crippen LogP contribution in [-0.4, -0.2) is 34.5 Å². The van der Waals surface area contributed by atoms with E-state index in [1.807, 2.05) is 6.92 Å². The van der Waals surface area contributed by atoms with Crippen molar-refractivity contribution in [2.75, 3.05) is 6.54 Å². The van der Waals surface area contributed by atoms with Crippen molar-refractivity contribution < 1.29 is 10.2 Å². The zero-order valence-electron chi connectivity index (χ0n) is 10.2. The highest BCUT2D eigenvalue weighted by Crippen LogP contribution is 2.38. The molecule has 1 saturated carbocycles. The van der Waals surface area contributed by atoms with Gasteiger partial charge in [-0.15, -0.1) is 0 Å². The van der Waals surface area contributed by atoms with E-state index in [1.54, 1.807) is 0 Å². The average Bonchev–Trinajstić information content (AvgIpc) is 2.82. The summed E-state index contributed by atoms with van der Waals surface area (Å²) in [5.41, 5.74) is -0.695. The molecule has 15 heavy (non-hydrogen) atoms. The number of aliphatic hydroxyl groups is 2. The first kappa shape index (κ1) is 12.9. The highest BCUT2D eigenvalue weighted by Gasteiger charge is 2.33. The van der Waals surface area contributed by atoms with Gasteiger partial charge in [0.25, 0.3) is 0 Å². The Morgan fingerprint density at radius 3 is 2.47 bits per heavy atom. The number of hydrogen-bond acceptors (Lipinski definition) is 3. The Labute approximate surface area is 92.9 Å². The maximum atomic E-state index is 10.1. The molecule has 0 aromatic heterocycles. The highest BCUT2D eigenvalue weighted by molar-refractivity contribution is 4.86. The smallest absolute Gasteiger partial charge is 0.0691 e. The lowest BCUT2D eigenvalue weighted by Crippen LogP contribution is -2.38. The zero-order chi connectivity index (χ0) is 11.5. The minimum absolute atomic E-state index is 0.382. The molecule has 1 aliphatic rings. The van der Waals surface area contributed by atoms with Gasteiger partial charge in [0.15, 0.2) is 0 Å². The van der Waals surface area contributed by atoms with Crippen LogP contribution in [0.4, 0.5) is 0 Å². The fraction of sp³-hybridized carbons (Fsp3) is 1.00. The van der Waals surface area contributed by atoms with Gasteiger partial charge >= 0.3 is 0 Å². The van der Waals surface area contributed by atoms with Crippen molar-refractivity contribution in [3.05, 3.63) is 0 Å². The molecule has 1 fully saturated rings. The molecule has 0 unspecified atom stereocenters. The zero-order valence-corrected chi connectivity index (χ0v) is 10.2. The highest BCUT2D eigenvalue weighted by atomic mass is 16.3. The first-order chi connectivity index (χ1) is 6.89. The van der Waals surface area contributed by atoms with E-state index in [0.29, 0.717) is 24.9 Å². The van der Waals surface area contributed by atoms with Crippen LogP contribution in [0.3, 0.4) is 0 Å². The third-order valence-corrected chi connectivity index (χ3v) is 2.86. The summed E-state index contributed by atoms with van der Waals surface area (Å²) in [4.78, 5) is 0. The molecule has 0 amide bonds. The van der Waals surface area contributed by atoms with Gasteiger partial charge in [-0.3, -0.25) is 0 Å². The topological polar surface area (TPSA) is 52.5 Å². The molecule has 0 heterocycles. The molecular weight excluding hydrogens is 190 g/mol. The van der Waals surface area contributed by atoms with Gasteiger partial charge < -0.3 is 15.5 Å². The lowest BCUT2D eigenvalue weighted by molar-refractivity contribution is -0.00644. The molecule has 3 nitrogen and oxygen atoms in total. The third-order valence-electron chi connectivity index (χ3n) is 2.86. The minimum Gasteiger partial charge on any atom is -0.392 e. The number of hydrogen-bond donors (Lipinski definition) is 3. The Morgan fingerprint density at radius 1 is 1.40 bits per heavy atom. The minimum atomic E-state index is -0.695. The monoisotopic (exact) mass is 215 g/mol. The van der Waals surface area contributed by atoms with Crippen LogP contribution >= 0.6 is 0 Å². The average molecular weight is 215 g/mol. The summed E-state index contributed by atoms with van der Waals surface area (Å²) in [5, 5.41) is 23.0. The van der Waals surface area contributed by atoms with E-state index in [9.17, 15) is 10.2 Å². The summed E-state index contributed by atoms with van der Waals surface area (Å²) in [6.07, 6.45) is 3.36. The van der Waals surface area contributed by atoms with Crippen molar-refractivity contribution in [2.24, 2.45) is 5.92 Å². The van der Waals surface area contributed by atoms with Crippen molar-refractivity contribution in [3.63, 3.8) is 0 Å². The summed E-state index contributed by atoms with van der Waals surface area (Å²) in [7, 11) is 0. The normalized spacial score (nSPS) is 22.8. The van der Waals surface area contributed by atoms with Crippen LogP contribution in [-0.2, 0) is 0 Å². The maximum absolute atomic E-state index is 10.1. The molecule has 3 N–H and O–H groups in total. The van der Waals surface area contributed by atoms with Gasteiger partial charge in [-0.05, 0) is 19.3 Å². The van der Waals surface area contributed by atoms with Gasteiger partial charge in [0.2, 0.25) is 0 Å². The van der Waals surface area contributed by atoms with E-state index in [4.69, 9.17) is 0 Å². The van der Waals surface area contributed by atoms with Gasteiger partial charge in [0.05, 0.1) is 11.7 Å². The van der Waals surface area contributed by atoms with E-state index in [1.165, 1.54) is 12.8 Å². The van der Waals surface area contributed by atoms with Crippen molar-refractivity contribution in [1.29, 1.82) is 0 Å². The van der Waals surface area contributed by atoms with E-state index in [0.717, 1.165) is 6.42 Å². The number of aliphatic hydroxyl groups excluding tert-OH is 1. The van der Waals surface area contributed by atoms with Crippen LogP contribution in [0.2, 0.25) is 0 Å². The molecule has 0 radical (unpaired) electrons. The molecule has 1 rings (SSSR count). The van der Waals surface area contributed by atoms with E-state index < -0.39 is 11.7 Å². The molecule has 2 atom stereocenters. The Balaban J connectivity index is 2.18. The first-order valence-corrected chi connectivity index (χ1v) is 6.03. The predicted octanol–water partition coefficient (Wildman–Crippen LogP) is 1.29. The van der Waals surface area contributed by atoms with Gasteiger partial charge in [-0.1, -0.05) is 26.7 Å². The van der Waals surface area contributed by atoms with E-state index in [2.05, 4.69) is 19.2 Å². The van der Waals surface area contributed by atoms with Crippen LogP contribution < -0.4 is 5.32 Å². The Morgan fingerprint density at radius 2 is 2.00 bits per heavy atom. The Hall–Kier alpha value is -0.120. The molecule has 0 bridgehead atoms. The summed E-state index contributed by atoms with van der Waals surface area (Å²) < 4.78 is 0. The lowest BCUT2D eigenvalue weighted by atomic mass is 9.92. The van der Waals surface area contributed by atoms with Crippen molar-refractivity contribution in [2.45, 2.75) is 64.2 Å². The van der Waals surface area contributed by atoms with Crippen LogP contribution in [0.1, 0.15) is 46.5 Å². The second-order valence-corrected chi connectivity index (χ2v) is 5.57. The van der Waals surface area contributed by atoms with Crippen LogP contribution in [0, 0.1) is 5.92 Å². The van der Waals surface area contributed by atoms with Gasteiger partial charge in [-0.25, -0.2) is 0 Å². The van der Waals surface area contributed by atoms with Crippen LogP contribution in [0.25, 0.3) is 0 Å². The molecule has 90 valence electrons. The van der Waals surface area contributed by atoms with Crippen molar-refractivity contribution >= 4 is 0 Å². The van der Waals surface area contributed by atoms with Gasteiger partial charge in [0.1, 0.15) is 0 Å². The van der Waals surface area contributed by atoms with Gasteiger partial charge in [0, 0.05) is 19.0 Å². The summed E-state index contributed by atoms with van der Waals surface area (Å²) in [5.74, 6) is 0.699. The molecule has 0 saturated heterocycles. The first-order valence-electron chi connectivity index (χ1n) is 6.03. The van der Waals surface area contributed by atoms with Crippen LogP contribution in [0.5, 0.6) is 0 Å². The molecular formula is C12H25NO2. The Bertz CT molecular complexity index is 188.